The number of amides is 1. The number of unbranched alkanes of at least 4 members (excludes halogenated alkanes) is 1. The molecule has 0 aliphatic rings. The fraction of sp³-hybridized carbons (Fsp3) is 0.381. The highest BCUT2D eigenvalue weighted by atomic mass is 16.5. The first-order valence-corrected chi connectivity index (χ1v) is 8.92. The molecule has 134 valence electrons. The summed E-state index contributed by atoms with van der Waals surface area (Å²) in [5.74, 6) is 0.688. The first-order chi connectivity index (χ1) is 12.3. The average molecular weight is 341 g/mol. The third kappa shape index (κ3) is 7.40. The number of hydrogen-bond acceptors (Lipinski definition) is 3. The van der Waals surface area contributed by atoms with Crippen LogP contribution in [0.25, 0.3) is 0 Å². The largest absolute Gasteiger partial charge is 0.489 e. The van der Waals surface area contributed by atoms with Crippen LogP contribution in [0.1, 0.15) is 42.1 Å². The fourth-order valence-corrected chi connectivity index (χ4v) is 2.27. The van der Waals surface area contributed by atoms with Crippen LogP contribution in [0.3, 0.4) is 0 Å². The maximum absolute atomic E-state index is 12.1. The van der Waals surface area contributed by atoms with E-state index in [0.29, 0.717) is 25.3 Å². The SMILES string of the molecule is CCCCOCCCNC(=O)c1ccc(OCc2ccccc2)cc1. The lowest BCUT2D eigenvalue weighted by molar-refractivity contribution is 0.0940. The Labute approximate surface area is 150 Å². The first kappa shape index (κ1) is 19.0. The highest BCUT2D eigenvalue weighted by Crippen LogP contribution is 2.14. The summed E-state index contributed by atoms with van der Waals surface area (Å²) < 4.78 is 11.2. The number of rotatable bonds is 11. The van der Waals surface area contributed by atoms with Gasteiger partial charge in [-0.25, -0.2) is 0 Å². The van der Waals surface area contributed by atoms with Crippen molar-refractivity contribution in [1.82, 2.24) is 5.32 Å². The van der Waals surface area contributed by atoms with E-state index >= 15 is 0 Å². The molecule has 4 nitrogen and oxygen atoms in total. The average Bonchev–Trinajstić information content (AvgIpc) is 2.67. The fourth-order valence-electron chi connectivity index (χ4n) is 2.27. The number of hydrogen-bond donors (Lipinski definition) is 1. The zero-order valence-electron chi connectivity index (χ0n) is 14.9. The molecule has 0 spiro atoms. The standard InChI is InChI=1S/C21H27NO3/c1-2-3-15-24-16-7-14-22-21(23)19-10-12-20(13-11-19)25-17-18-8-5-4-6-9-18/h4-6,8-13H,2-3,7,14-17H2,1H3,(H,22,23). The van der Waals surface area contributed by atoms with E-state index in [0.717, 1.165) is 37.2 Å². The molecular weight excluding hydrogens is 314 g/mol. The first-order valence-electron chi connectivity index (χ1n) is 8.92. The summed E-state index contributed by atoms with van der Waals surface area (Å²) >= 11 is 0. The minimum absolute atomic E-state index is 0.0665. The van der Waals surface area contributed by atoms with Crippen LogP contribution >= 0.6 is 0 Å². The molecule has 0 saturated heterocycles. The molecule has 2 aromatic carbocycles. The summed E-state index contributed by atoms with van der Waals surface area (Å²) in [5.41, 5.74) is 1.75. The van der Waals surface area contributed by atoms with E-state index in [2.05, 4.69) is 12.2 Å². The van der Waals surface area contributed by atoms with E-state index in [1.807, 2.05) is 42.5 Å². The van der Waals surface area contributed by atoms with Crippen molar-refractivity contribution in [3.63, 3.8) is 0 Å². The summed E-state index contributed by atoms with van der Waals surface area (Å²) in [7, 11) is 0. The van der Waals surface area contributed by atoms with Gasteiger partial charge in [-0.1, -0.05) is 43.7 Å². The molecule has 1 N–H and O–H groups in total. The highest BCUT2D eigenvalue weighted by molar-refractivity contribution is 5.94. The smallest absolute Gasteiger partial charge is 0.251 e. The van der Waals surface area contributed by atoms with Gasteiger partial charge in [0.25, 0.3) is 5.91 Å². The van der Waals surface area contributed by atoms with E-state index in [9.17, 15) is 4.79 Å². The molecule has 0 bridgehead atoms. The van der Waals surface area contributed by atoms with Crippen LogP contribution in [0.2, 0.25) is 0 Å². The van der Waals surface area contributed by atoms with E-state index < -0.39 is 0 Å². The minimum Gasteiger partial charge on any atom is -0.489 e. The van der Waals surface area contributed by atoms with Gasteiger partial charge in [0, 0.05) is 25.3 Å². The molecule has 0 aliphatic carbocycles. The summed E-state index contributed by atoms with van der Waals surface area (Å²) in [6.45, 7) is 4.77. The lowest BCUT2D eigenvalue weighted by Gasteiger charge is -2.08. The zero-order chi connectivity index (χ0) is 17.7. The summed E-state index contributed by atoms with van der Waals surface area (Å²) in [6.07, 6.45) is 3.06. The normalized spacial score (nSPS) is 10.4. The van der Waals surface area contributed by atoms with Gasteiger partial charge in [0.05, 0.1) is 0 Å². The van der Waals surface area contributed by atoms with Crippen LogP contribution in [-0.2, 0) is 11.3 Å². The monoisotopic (exact) mass is 341 g/mol. The number of nitrogens with one attached hydrogen (secondary N) is 1. The number of carbonyl (C=O) groups excluding carboxylic acids is 1. The maximum atomic E-state index is 12.1. The van der Waals surface area contributed by atoms with Crippen LogP contribution in [0.4, 0.5) is 0 Å². The molecule has 0 heterocycles. The number of benzene rings is 2. The van der Waals surface area contributed by atoms with Crippen molar-refractivity contribution in [3.05, 3.63) is 65.7 Å². The third-order valence-electron chi connectivity index (χ3n) is 3.76. The maximum Gasteiger partial charge on any atom is 0.251 e. The topological polar surface area (TPSA) is 47.6 Å². The van der Waals surface area contributed by atoms with Crippen LogP contribution in [0.5, 0.6) is 5.75 Å². The molecule has 25 heavy (non-hydrogen) atoms. The second kappa shape index (κ2) is 11.3. The Morgan fingerprint density at radius 1 is 0.960 bits per heavy atom. The summed E-state index contributed by atoms with van der Waals surface area (Å²) in [4.78, 5) is 12.1. The Morgan fingerprint density at radius 3 is 2.40 bits per heavy atom. The molecule has 0 aromatic heterocycles. The molecule has 0 radical (unpaired) electrons. The van der Waals surface area contributed by atoms with Gasteiger partial charge in [-0.15, -0.1) is 0 Å². The number of ether oxygens (including phenoxy) is 2. The summed E-state index contributed by atoms with van der Waals surface area (Å²) in [5, 5.41) is 2.91. The quantitative estimate of drug-likeness (QED) is 0.623. The molecule has 1 amide bonds. The molecule has 2 rings (SSSR count). The van der Waals surface area contributed by atoms with Crippen molar-refractivity contribution in [2.45, 2.75) is 32.8 Å². The van der Waals surface area contributed by atoms with Crippen molar-refractivity contribution < 1.29 is 14.3 Å². The Kier molecular flexibility index (Phi) is 8.56. The van der Waals surface area contributed by atoms with Crippen molar-refractivity contribution in [2.75, 3.05) is 19.8 Å². The van der Waals surface area contributed by atoms with Gasteiger partial charge < -0.3 is 14.8 Å². The Balaban J connectivity index is 1.67. The van der Waals surface area contributed by atoms with Gasteiger partial charge in [0.1, 0.15) is 12.4 Å². The molecular formula is C21H27NO3. The van der Waals surface area contributed by atoms with E-state index in [-0.39, 0.29) is 5.91 Å². The second-order valence-electron chi connectivity index (χ2n) is 5.87. The molecule has 4 heteroatoms. The third-order valence-corrected chi connectivity index (χ3v) is 3.76. The van der Waals surface area contributed by atoms with E-state index in [1.165, 1.54) is 0 Å². The van der Waals surface area contributed by atoms with E-state index in [1.54, 1.807) is 12.1 Å². The van der Waals surface area contributed by atoms with Gasteiger partial charge in [-0.05, 0) is 42.7 Å². The molecule has 0 saturated carbocycles. The number of carbonyl (C=O) groups is 1. The van der Waals surface area contributed by atoms with E-state index in [4.69, 9.17) is 9.47 Å². The van der Waals surface area contributed by atoms with Gasteiger partial charge >= 0.3 is 0 Å². The second-order valence-corrected chi connectivity index (χ2v) is 5.87. The van der Waals surface area contributed by atoms with Crippen LogP contribution < -0.4 is 10.1 Å². The van der Waals surface area contributed by atoms with Gasteiger partial charge in [0.2, 0.25) is 0 Å². The van der Waals surface area contributed by atoms with Gasteiger partial charge in [0.15, 0.2) is 0 Å². The Hall–Kier alpha value is -2.33. The van der Waals surface area contributed by atoms with Gasteiger partial charge in [-0.2, -0.15) is 0 Å². The van der Waals surface area contributed by atoms with Crippen LogP contribution in [0, 0.1) is 0 Å². The predicted molar refractivity (Wildman–Crippen MR) is 99.9 cm³/mol. The lowest BCUT2D eigenvalue weighted by atomic mass is 10.2. The minimum atomic E-state index is -0.0665. The molecule has 0 aliphatic heterocycles. The van der Waals surface area contributed by atoms with Crippen molar-refractivity contribution in [3.8, 4) is 5.75 Å². The Morgan fingerprint density at radius 2 is 1.68 bits per heavy atom. The molecule has 0 atom stereocenters. The van der Waals surface area contributed by atoms with Crippen molar-refractivity contribution in [2.24, 2.45) is 0 Å². The van der Waals surface area contributed by atoms with Crippen LogP contribution in [-0.4, -0.2) is 25.7 Å². The molecule has 0 unspecified atom stereocenters. The predicted octanol–water partition coefficient (Wildman–Crippen LogP) is 4.20. The van der Waals surface area contributed by atoms with Gasteiger partial charge in [-0.3, -0.25) is 4.79 Å². The zero-order valence-corrected chi connectivity index (χ0v) is 14.9. The van der Waals surface area contributed by atoms with Crippen LogP contribution in [0.15, 0.2) is 54.6 Å². The lowest BCUT2D eigenvalue weighted by Crippen LogP contribution is -2.25. The Bertz CT molecular complexity index is 611. The molecule has 0 fully saturated rings. The highest BCUT2D eigenvalue weighted by Gasteiger charge is 2.05. The molecule has 2 aromatic rings. The van der Waals surface area contributed by atoms with Crippen molar-refractivity contribution >= 4 is 5.91 Å². The summed E-state index contributed by atoms with van der Waals surface area (Å²) in [6, 6.07) is 17.2. The van der Waals surface area contributed by atoms with Crippen molar-refractivity contribution in [1.29, 1.82) is 0 Å².